The molecule has 2 rings (SSSR count). The summed E-state index contributed by atoms with van der Waals surface area (Å²) in [4.78, 5) is 2.55. The topological polar surface area (TPSA) is 38.5 Å². The maximum Gasteiger partial charge on any atom is 0.0666 e. The van der Waals surface area contributed by atoms with Crippen LogP contribution in [0.4, 0.5) is 0 Å². The first kappa shape index (κ1) is 13.3. The molecule has 3 unspecified atom stereocenters. The highest BCUT2D eigenvalue weighted by atomic mass is 16.5. The number of hydrogen-bond donors (Lipinski definition) is 1. The summed E-state index contributed by atoms with van der Waals surface area (Å²) in [6.07, 6.45) is 6.17. The molecule has 0 radical (unpaired) electrons. The molecular weight excluding hydrogens is 212 g/mol. The summed E-state index contributed by atoms with van der Waals surface area (Å²) in [5.74, 6) is 0.862. The van der Waals surface area contributed by atoms with E-state index < -0.39 is 0 Å². The quantitative estimate of drug-likeness (QED) is 0.799. The second-order valence-corrected chi connectivity index (χ2v) is 6.10. The van der Waals surface area contributed by atoms with Crippen molar-refractivity contribution >= 4 is 0 Å². The first-order valence-corrected chi connectivity index (χ1v) is 7.15. The predicted octanol–water partition coefficient (Wildman–Crippen LogP) is 2.00. The molecule has 3 nitrogen and oxygen atoms in total. The van der Waals surface area contributed by atoms with Crippen LogP contribution >= 0.6 is 0 Å². The minimum absolute atomic E-state index is 0.0832. The van der Waals surface area contributed by atoms with Crippen LogP contribution in [0.1, 0.15) is 46.0 Å². The van der Waals surface area contributed by atoms with Crippen LogP contribution in [0, 0.1) is 5.92 Å². The molecule has 0 aromatic heterocycles. The van der Waals surface area contributed by atoms with Crippen molar-refractivity contribution in [1.29, 1.82) is 0 Å². The molecular formula is C14H28N2O. The van der Waals surface area contributed by atoms with Crippen LogP contribution in [0.3, 0.4) is 0 Å². The van der Waals surface area contributed by atoms with Crippen LogP contribution in [0.15, 0.2) is 0 Å². The van der Waals surface area contributed by atoms with Crippen molar-refractivity contribution in [2.24, 2.45) is 11.7 Å². The predicted molar refractivity (Wildman–Crippen MR) is 71.0 cm³/mol. The molecule has 3 heteroatoms. The van der Waals surface area contributed by atoms with E-state index in [2.05, 4.69) is 25.8 Å². The fourth-order valence-corrected chi connectivity index (χ4v) is 3.14. The summed E-state index contributed by atoms with van der Waals surface area (Å²) >= 11 is 0. The van der Waals surface area contributed by atoms with Crippen molar-refractivity contribution in [1.82, 2.24) is 4.90 Å². The zero-order valence-corrected chi connectivity index (χ0v) is 11.6. The van der Waals surface area contributed by atoms with Gasteiger partial charge in [-0.05, 0) is 52.0 Å². The van der Waals surface area contributed by atoms with Gasteiger partial charge in [0.25, 0.3) is 0 Å². The highest BCUT2D eigenvalue weighted by Gasteiger charge is 2.39. The smallest absolute Gasteiger partial charge is 0.0666 e. The number of rotatable bonds is 5. The maximum absolute atomic E-state index is 5.95. The SMILES string of the molecule is CCC1(C)CC(N(C)C(CN)C2CC2)CCO1. The molecule has 0 aromatic carbocycles. The molecule has 0 amide bonds. The summed E-state index contributed by atoms with van der Waals surface area (Å²) in [6.45, 7) is 6.19. The van der Waals surface area contributed by atoms with Gasteiger partial charge in [-0.15, -0.1) is 0 Å². The summed E-state index contributed by atoms with van der Waals surface area (Å²) in [6, 6.07) is 1.25. The molecule has 17 heavy (non-hydrogen) atoms. The Hall–Kier alpha value is -0.120. The Labute approximate surface area is 106 Å². The Kier molecular flexibility index (Phi) is 4.11. The summed E-state index contributed by atoms with van der Waals surface area (Å²) < 4.78 is 5.93. The lowest BCUT2D eigenvalue weighted by molar-refractivity contribution is -0.0986. The van der Waals surface area contributed by atoms with Crippen molar-refractivity contribution in [3.8, 4) is 0 Å². The van der Waals surface area contributed by atoms with E-state index in [1.165, 1.54) is 12.8 Å². The van der Waals surface area contributed by atoms with E-state index in [0.717, 1.165) is 38.3 Å². The van der Waals surface area contributed by atoms with E-state index >= 15 is 0 Å². The summed E-state index contributed by atoms with van der Waals surface area (Å²) in [5.41, 5.74) is 6.03. The maximum atomic E-state index is 5.95. The number of ether oxygens (including phenoxy) is 1. The number of likely N-dealkylation sites (N-methyl/N-ethyl adjacent to an activating group) is 1. The molecule has 1 aliphatic carbocycles. The molecule has 1 saturated heterocycles. The fraction of sp³-hybridized carbons (Fsp3) is 1.00. The normalized spacial score (nSPS) is 36.2. The highest BCUT2D eigenvalue weighted by Crippen LogP contribution is 2.37. The molecule has 1 heterocycles. The summed E-state index contributed by atoms with van der Waals surface area (Å²) in [7, 11) is 2.27. The minimum Gasteiger partial charge on any atom is -0.375 e. The van der Waals surface area contributed by atoms with Crippen LogP contribution in [0.25, 0.3) is 0 Å². The van der Waals surface area contributed by atoms with Crippen LogP contribution in [-0.4, -0.2) is 42.8 Å². The van der Waals surface area contributed by atoms with Gasteiger partial charge in [0.1, 0.15) is 0 Å². The van der Waals surface area contributed by atoms with Crippen molar-refractivity contribution < 1.29 is 4.74 Å². The second-order valence-electron chi connectivity index (χ2n) is 6.10. The molecule has 100 valence electrons. The second kappa shape index (κ2) is 5.25. The molecule has 0 bridgehead atoms. The average Bonchev–Trinajstić information content (AvgIpc) is 3.14. The van der Waals surface area contributed by atoms with Gasteiger partial charge >= 0.3 is 0 Å². The van der Waals surface area contributed by atoms with Gasteiger partial charge in [-0.1, -0.05) is 6.92 Å². The van der Waals surface area contributed by atoms with E-state index in [1.807, 2.05) is 0 Å². The lowest BCUT2D eigenvalue weighted by atomic mass is 9.88. The summed E-state index contributed by atoms with van der Waals surface area (Å²) in [5, 5.41) is 0. The lowest BCUT2D eigenvalue weighted by Gasteiger charge is -2.44. The first-order valence-electron chi connectivity index (χ1n) is 7.15. The van der Waals surface area contributed by atoms with Gasteiger partial charge in [0.05, 0.1) is 5.60 Å². The van der Waals surface area contributed by atoms with Crippen LogP contribution in [0.5, 0.6) is 0 Å². The molecule has 0 spiro atoms. The van der Waals surface area contributed by atoms with Crippen LogP contribution in [0.2, 0.25) is 0 Å². The average molecular weight is 240 g/mol. The van der Waals surface area contributed by atoms with Crippen molar-refractivity contribution in [3.63, 3.8) is 0 Å². The Balaban J connectivity index is 1.95. The Bertz CT molecular complexity index is 255. The Morgan fingerprint density at radius 1 is 1.41 bits per heavy atom. The molecule has 0 aromatic rings. The van der Waals surface area contributed by atoms with E-state index in [-0.39, 0.29) is 5.60 Å². The van der Waals surface area contributed by atoms with Gasteiger partial charge in [-0.25, -0.2) is 0 Å². The Morgan fingerprint density at radius 3 is 2.65 bits per heavy atom. The Morgan fingerprint density at radius 2 is 2.12 bits per heavy atom. The van der Waals surface area contributed by atoms with Gasteiger partial charge in [0.15, 0.2) is 0 Å². The lowest BCUT2D eigenvalue weighted by Crippen LogP contribution is -2.51. The number of hydrogen-bond acceptors (Lipinski definition) is 3. The molecule has 3 atom stereocenters. The molecule has 2 N–H and O–H groups in total. The van der Waals surface area contributed by atoms with Crippen LogP contribution < -0.4 is 5.73 Å². The van der Waals surface area contributed by atoms with Gasteiger partial charge in [-0.2, -0.15) is 0 Å². The minimum atomic E-state index is 0.0832. The van der Waals surface area contributed by atoms with E-state index in [1.54, 1.807) is 0 Å². The van der Waals surface area contributed by atoms with Gasteiger partial charge in [0, 0.05) is 25.2 Å². The molecule has 2 aliphatic rings. The molecule has 1 saturated carbocycles. The van der Waals surface area contributed by atoms with E-state index in [4.69, 9.17) is 10.5 Å². The van der Waals surface area contributed by atoms with Crippen LogP contribution in [-0.2, 0) is 4.74 Å². The highest BCUT2D eigenvalue weighted by molar-refractivity contribution is 4.93. The monoisotopic (exact) mass is 240 g/mol. The third kappa shape index (κ3) is 3.01. The van der Waals surface area contributed by atoms with Crippen molar-refractivity contribution in [3.05, 3.63) is 0 Å². The fourth-order valence-electron chi connectivity index (χ4n) is 3.14. The van der Waals surface area contributed by atoms with Gasteiger partial charge in [-0.3, -0.25) is 4.90 Å². The molecule has 2 fully saturated rings. The number of nitrogens with two attached hydrogens (primary N) is 1. The van der Waals surface area contributed by atoms with E-state index in [0.29, 0.717) is 12.1 Å². The zero-order valence-electron chi connectivity index (χ0n) is 11.6. The molecule has 1 aliphatic heterocycles. The van der Waals surface area contributed by atoms with E-state index in [9.17, 15) is 0 Å². The zero-order chi connectivity index (χ0) is 12.5. The first-order chi connectivity index (χ1) is 8.09. The van der Waals surface area contributed by atoms with Crippen molar-refractivity contribution in [2.75, 3.05) is 20.2 Å². The largest absolute Gasteiger partial charge is 0.375 e. The third-order valence-electron chi connectivity index (χ3n) is 4.82. The van der Waals surface area contributed by atoms with Crippen molar-refractivity contribution in [2.45, 2.75) is 63.6 Å². The standard InChI is InChI=1S/C14H28N2O/c1-4-14(2)9-12(7-8-17-14)16(3)13(10-15)11-5-6-11/h11-13H,4-10,15H2,1-3H3. The third-order valence-corrected chi connectivity index (χ3v) is 4.82. The van der Waals surface area contributed by atoms with Gasteiger partial charge in [0.2, 0.25) is 0 Å². The number of nitrogens with zero attached hydrogens (tertiary/aromatic N) is 1. The van der Waals surface area contributed by atoms with Gasteiger partial charge < -0.3 is 10.5 Å².